The summed E-state index contributed by atoms with van der Waals surface area (Å²) in [6.45, 7) is 4.78. The Balaban J connectivity index is 1.61. The molecule has 0 fully saturated rings. The van der Waals surface area contributed by atoms with Crippen molar-refractivity contribution in [3.8, 4) is 17.2 Å². The van der Waals surface area contributed by atoms with Gasteiger partial charge in [-0.15, -0.1) is 0 Å². The van der Waals surface area contributed by atoms with E-state index in [0.717, 1.165) is 16.7 Å². The van der Waals surface area contributed by atoms with E-state index in [9.17, 15) is 15.0 Å². The summed E-state index contributed by atoms with van der Waals surface area (Å²) in [6.07, 6.45) is 0.00553. The average molecular weight is 480 g/mol. The van der Waals surface area contributed by atoms with Gasteiger partial charge in [-0.2, -0.15) is 0 Å². The molecule has 3 aromatic rings. The van der Waals surface area contributed by atoms with Gasteiger partial charge in [0, 0.05) is 6.04 Å². The van der Waals surface area contributed by atoms with Gasteiger partial charge in [-0.05, 0) is 67.8 Å². The van der Waals surface area contributed by atoms with E-state index in [-0.39, 0.29) is 18.4 Å². The van der Waals surface area contributed by atoms with E-state index in [1.54, 1.807) is 37.3 Å². The largest absolute Gasteiger partial charge is 0.508 e. The number of aliphatic hydroxyl groups excluding tert-OH is 1. The van der Waals surface area contributed by atoms with Crippen LogP contribution in [0, 0.1) is 0 Å². The molecule has 0 amide bonds. The topological polar surface area (TPSA) is 97.3 Å². The van der Waals surface area contributed by atoms with Crippen LogP contribution in [0.5, 0.6) is 17.2 Å². The zero-order valence-corrected chi connectivity index (χ0v) is 20.1. The Hall–Kier alpha value is -3.55. The minimum absolute atomic E-state index is 0.168. The van der Waals surface area contributed by atoms with Crippen LogP contribution in [0.15, 0.2) is 72.8 Å². The van der Waals surface area contributed by atoms with Crippen molar-refractivity contribution in [3.63, 3.8) is 0 Å². The number of rotatable bonds is 13. The molecule has 0 unspecified atom stereocenters. The number of phenols is 1. The van der Waals surface area contributed by atoms with Crippen molar-refractivity contribution in [1.82, 2.24) is 5.32 Å². The molecule has 186 valence electrons. The molecule has 0 aliphatic heterocycles. The first-order valence-electron chi connectivity index (χ1n) is 11.7. The molecule has 7 heteroatoms. The fourth-order valence-corrected chi connectivity index (χ4v) is 3.53. The standard InChI is InChI=1S/C28H33NO6/c1-3-33-27(31)19-35-25-14-9-21(17-26(25)34-18-22-7-5-4-6-8-22)15-16-29-20(2)28(32)23-10-12-24(30)13-11-23/h4-14,17,20,28-30,32H,3,15-16,18-19H2,1-2H3/t20-,28-/m0/s1. The second-order valence-corrected chi connectivity index (χ2v) is 8.18. The van der Waals surface area contributed by atoms with Gasteiger partial charge in [0.2, 0.25) is 0 Å². The van der Waals surface area contributed by atoms with Crippen LogP contribution in [0.25, 0.3) is 0 Å². The second-order valence-electron chi connectivity index (χ2n) is 8.18. The van der Waals surface area contributed by atoms with Gasteiger partial charge in [0.25, 0.3) is 0 Å². The fraction of sp³-hybridized carbons (Fsp3) is 0.321. The molecule has 0 aliphatic carbocycles. The lowest BCUT2D eigenvalue weighted by atomic mass is 10.0. The number of nitrogens with one attached hydrogen (secondary N) is 1. The molecule has 0 bridgehead atoms. The average Bonchev–Trinajstić information content (AvgIpc) is 2.87. The maximum absolute atomic E-state index is 11.7. The lowest BCUT2D eigenvalue weighted by Crippen LogP contribution is -2.33. The molecular formula is C28H33NO6. The van der Waals surface area contributed by atoms with Crippen LogP contribution in [0.2, 0.25) is 0 Å². The van der Waals surface area contributed by atoms with Crippen molar-refractivity contribution in [2.45, 2.75) is 39.0 Å². The number of benzene rings is 3. The molecule has 3 N–H and O–H groups in total. The van der Waals surface area contributed by atoms with Crippen molar-refractivity contribution < 1.29 is 29.2 Å². The number of carbonyl (C=O) groups is 1. The highest BCUT2D eigenvalue weighted by molar-refractivity contribution is 5.71. The molecule has 2 atom stereocenters. The zero-order chi connectivity index (χ0) is 25.0. The van der Waals surface area contributed by atoms with E-state index in [4.69, 9.17) is 14.2 Å². The highest BCUT2D eigenvalue weighted by Crippen LogP contribution is 2.30. The number of aliphatic hydroxyl groups is 1. The first-order chi connectivity index (χ1) is 17.0. The molecule has 0 saturated carbocycles. The molecule has 7 nitrogen and oxygen atoms in total. The predicted molar refractivity (Wildman–Crippen MR) is 134 cm³/mol. The number of aromatic hydroxyl groups is 1. The number of carbonyl (C=O) groups excluding carboxylic acids is 1. The predicted octanol–water partition coefficient (Wildman–Crippen LogP) is 4.17. The summed E-state index contributed by atoms with van der Waals surface area (Å²) in [5, 5.41) is 23.3. The molecule has 0 radical (unpaired) electrons. The van der Waals surface area contributed by atoms with Crippen LogP contribution in [0.1, 0.15) is 36.6 Å². The highest BCUT2D eigenvalue weighted by atomic mass is 16.6. The first-order valence-corrected chi connectivity index (χ1v) is 11.7. The van der Waals surface area contributed by atoms with E-state index < -0.39 is 12.1 Å². The lowest BCUT2D eigenvalue weighted by Gasteiger charge is -2.21. The molecule has 0 heterocycles. The van der Waals surface area contributed by atoms with Gasteiger partial charge < -0.3 is 29.7 Å². The van der Waals surface area contributed by atoms with Gasteiger partial charge in [0.15, 0.2) is 18.1 Å². The molecule has 3 rings (SSSR count). The molecule has 0 saturated heterocycles. The minimum atomic E-state index is -0.695. The number of hydrogen-bond donors (Lipinski definition) is 3. The van der Waals surface area contributed by atoms with Gasteiger partial charge in [0.05, 0.1) is 12.7 Å². The van der Waals surface area contributed by atoms with E-state index in [2.05, 4.69) is 5.32 Å². The summed E-state index contributed by atoms with van der Waals surface area (Å²) in [5.74, 6) is 0.757. The van der Waals surface area contributed by atoms with E-state index in [0.29, 0.717) is 37.7 Å². The van der Waals surface area contributed by atoms with Crippen LogP contribution in [0.4, 0.5) is 0 Å². The van der Waals surface area contributed by atoms with Crippen LogP contribution in [-0.2, 0) is 22.6 Å². The Labute approximate surface area is 206 Å². The quantitative estimate of drug-likeness (QED) is 0.317. The second kappa shape index (κ2) is 13.4. The highest BCUT2D eigenvalue weighted by Gasteiger charge is 2.16. The Morgan fingerprint density at radius 3 is 2.40 bits per heavy atom. The molecular weight excluding hydrogens is 446 g/mol. The summed E-state index contributed by atoms with van der Waals surface area (Å²) in [4.78, 5) is 11.7. The minimum Gasteiger partial charge on any atom is -0.508 e. The van der Waals surface area contributed by atoms with Gasteiger partial charge in [-0.25, -0.2) is 4.79 Å². The van der Waals surface area contributed by atoms with Crippen LogP contribution >= 0.6 is 0 Å². The van der Waals surface area contributed by atoms with Crippen molar-refractivity contribution in [2.75, 3.05) is 19.8 Å². The summed E-state index contributed by atoms with van der Waals surface area (Å²) in [6, 6.07) is 21.8. The van der Waals surface area contributed by atoms with Crippen molar-refractivity contribution in [1.29, 1.82) is 0 Å². The van der Waals surface area contributed by atoms with E-state index in [1.807, 2.05) is 49.4 Å². The van der Waals surface area contributed by atoms with Gasteiger partial charge in [-0.3, -0.25) is 0 Å². The van der Waals surface area contributed by atoms with E-state index in [1.165, 1.54) is 0 Å². The number of ether oxygens (including phenoxy) is 3. The fourth-order valence-electron chi connectivity index (χ4n) is 3.53. The number of hydrogen-bond acceptors (Lipinski definition) is 7. The summed E-state index contributed by atoms with van der Waals surface area (Å²) in [7, 11) is 0. The Morgan fingerprint density at radius 2 is 1.69 bits per heavy atom. The smallest absolute Gasteiger partial charge is 0.344 e. The van der Waals surface area contributed by atoms with Crippen molar-refractivity contribution in [3.05, 3.63) is 89.5 Å². The van der Waals surface area contributed by atoms with Gasteiger partial charge in [-0.1, -0.05) is 48.5 Å². The maximum atomic E-state index is 11.7. The molecule has 35 heavy (non-hydrogen) atoms. The SMILES string of the molecule is CCOC(=O)COc1ccc(CCN[C@@H](C)[C@H](O)c2ccc(O)cc2)cc1OCc1ccccc1. The third kappa shape index (κ3) is 8.31. The van der Waals surface area contributed by atoms with Gasteiger partial charge in [0.1, 0.15) is 12.4 Å². The van der Waals surface area contributed by atoms with Crippen molar-refractivity contribution in [2.24, 2.45) is 0 Å². The van der Waals surface area contributed by atoms with Crippen LogP contribution in [0.3, 0.4) is 0 Å². The van der Waals surface area contributed by atoms with Crippen molar-refractivity contribution >= 4 is 5.97 Å². The number of phenolic OH excluding ortho intramolecular Hbond substituents is 1. The van der Waals surface area contributed by atoms with Gasteiger partial charge >= 0.3 is 5.97 Å². The summed E-state index contributed by atoms with van der Waals surface area (Å²) < 4.78 is 16.6. The van der Waals surface area contributed by atoms with Crippen LogP contribution in [-0.4, -0.2) is 42.0 Å². The first kappa shape index (κ1) is 26.1. The molecule has 0 spiro atoms. The monoisotopic (exact) mass is 479 g/mol. The number of esters is 1. The summed E-state index contributed by atoms with van der Waals surface area (Å²) >= 11 is 0. The Morgan fingerprint density at radius 1 is 0.943 bits per heavy atom. The third-order valence-electron chi connectivity index (χ3n) is 5.48. The van der Waals surface area contributed by atoms with Crippen LogP contribution < -0.4 is 14.8 Å². The Kier molecular flexibility index (Phi) is 9.95. The molecule has 3 aromatic carbocycles. The van der Waals surface area contributed by atoms with E-state index >= 15 is 0 Å². The lowest BCUT2D eigenvalue weighted by molar-refractivity contribution is -0.145. The zero-order valence-electron chi connectivity index (χ0n) is 20.1. The Bertz CT molecular complexity index is 1050. The molecule has 0 aromatic heterocycles. The summed E-state index contributed by atoms with van der Waals surface area (Å²) in [5.41, 5.74) is 2.78. The third-order valence-corrected chi connectivity index (χ3v) is 5.48. The normalized spacial score (nSPS) is 12.5. The molecule has 0 aliphatic rings. The maximum Gasteiger partial charge on any atom is 0.344 e.